The topological polar surface area (TPSA) is 21.3 Å². The van der Waals surface area contributed by atoms with Crippen molar-refractivity contribution < 1.29 is 4.74 Å². The van der Waals surface area contributed by atoms with E-state index in [0.717, 1.165) is 13.1 Å². The summed E-state index contributed by atoms with van der Waals surface area (Å²) in [5.74, 6) is 0.590. The van der Waals surface area contributed by atoms with Gasteiger partial charge in [-0.25, -0.2) is 0 Å². The number of rotatable bonds is 12. The molecule has 0 aromatic carbocycles. The van der Waals surface area contributed by atoms with E-state index >= 15 is 0 Å². The fourth-order valence-electron chi connectivity index (χ4n) is 2.09. The van der Waals surface area contributed by atoms with Gasteiger partial charge in [-0.2, -0.15) is 0 Å². The number of hydrogen-bond acceptors (Lipinski definition) is 2. The van der Waals surface area contributed by atoms with Crippen LogP contribution in [0.4, 0.5) is 0 Å². The zero-order valence-corrected chi connectivity index (χ0v) is 13.3. The lowest BCUT2D eigenvalue weighted by Crippen LogP contribution is -2.35. The fourth-order valence-corrected chi connectivity index (χ4v) is 2.09. The molecule has 2 atom stereocenters. The summed E-state index contributed by atoms with van der Waals surface area (Å²) in [6, 6.07) is 0. The monoisotopic (exact) mass is 257 g/mol. The molecule has 0 heterocycles. The Morgan fingerprint density at radius 1 is 0.944 bits per heavy atom. The first-order chi connectivity index (χ1) is 8.61. The van der Waals surface area contributed by atoms with Crippen LogP contribution in [0.2, 0.25) is 0 Å². The molecule has 0 bridgehead atoms. The molecule has 1 N–H and O–H groups in total. The Labute approximate surface area is 115 Å². The molecule has 0 saturated heterocycles. The van der Waals surface area contributed by atoms with Crippen LogP contribution >= 0.6 is 0 Å². The SMILES string of the molecule is CCCCCCC(C)OC(CNCCC)C(C)C. The van der Waals surface area contributed by atoms with Crippen LogP contribution in [-0.2, 0) is 4.74 Å². The summed E-state index contributed by atoms with van der Waals surface area (Å²) in [4.78, 5) is 0. The maximum atomic E-state index is 6.18. The van der Waals surface area contributed by atoms with Crippen molar-refractivity contribution in [2.75, 3.05) is 13.1 Å². The zero-order chi connectivity index (χ0) is 13.8. The Morgan fingerprint density at radius 2 is 1.67 bits per heavy atom. The summed E-state index contributed by atoms with van der Waals surface area (Å²) < 4.78 is 6.18. The van der Waals surface area contributed by atoms with E-state index in [0.29, 0.717) is 18.1 Å². The lowest BCUT2D eigenvalue weighted by atomic mass is 10.1. The summed E-state index contributed by atoms with van der Waals surface area (Å²) in [5, 5.41) is 3.47. The molecular weight excluding hydrogens is 222 g/mol. The molecule has 2 unspecified atom stereocenters. The molecule has 0 spiro atoms. The van der Waals surface area contributed by atoms with Gasteiger partial charge in [0, 0.05) is 6.54 Å². The van der Waals surface area contributed by atoms with Crippen LogP contribution in [0.3, 0.4) is 0 Å². The maximum Gasteiger partial charge on any atom is 0.0725 e. The van der Waals surface area contributed by atoms with E-state index in [1.54, 1.807) is 0 Å². The van der Waals surface area contributed by atoms with E-state index in [2.05, 4.69) is 39.9 Å². The van der Waals surface area contributed by atoms with Gasteiger partial charge in [-0.05, 0) is 32.2 Å². The predicted octanol–water partition coefficient (Wildman–Crippen LogP) is 4.39. The molecule has 110 valence electrons. The molecule has 0 fully saturated rings. The van der Waals surface area contributed by atoms with Crippen molar-refractivity contribution in [3.05, 3.63) is 0 Å². The first kappa shape index (κ1) is 17.9. The normalized spacial score (nSPS) is 15.0. The highest BCUT2D eigenvalue weighted by Gasteiger charge is 2.16. The Kier molecular flexibility index (Phi) is 11.9. The average molecular weight is 257 g/mol. The van der Waals surface area contributed by atoms with Gasteiger partial charge in [0.2, 0.25) is 0 Å². The van der Waals surface area contributed by atoms with Crippen LogP contribution in [0.25, 0.3) is 0 Å². The maximum absolute atomic E-state index is 6.18. The predicted molar refractivity (Wildman–Crippen MR) is 81.1 cm³/mol. The molecule has 0 aromatic rings. The molecular formula is C16H35NO. The zero-order valence-electron chi connectivity index (χ0n) is 13.3. The van der Waals surface area contributed by atoms with Crippen molar-refractivity contribution in [2.24, 2.45) is 5.92 Å². The quantitative estimate of drug-likeness (QED) is 0.524. The van der Waals surface area contributed by atoms with Crippen LogP contribution in [-0.4, -0.2) is 25.3 Å². The van der Waals surface area contributed by atoms with Gasteiger partial charge in [0.15, 0.2) is 0 Å². The third-order valence-corrected chi connectivity index (χ3v) is 3.39. The van der Waals surface area contributed by atoms with Crippen LogP contribution in [0.5, 0.6) is 0 Å². The fraction of sp³-hybridized carbons (Fsp3) is 1.00. The second kappa shape index (κ2) is 12.0. The second-order valence-corrected chi connectivity index (χ2v) is 5.78. The minimum Gasteiger partial charge on any atom is -0.374 e. The average Bonchev–Trinajstić information content (AvgIpc) is 2.33. The third kappa shape index (κ3) is 9.90. The molecule has 0 radical (unpaired) electrons. The molecule has 0 aliphatic heterocycles. The van der Waals surface area contributed by atoms with E-state index in [1.165, 1.54) is 38.5 Å². The van der Waals surface area contributed by atoms with Crippen molar-refractivity contribution in [3.63, 3.8) is 0 Å². The van der Waals surface area contributed by atoms with Gasteiger partial charge < -0.3 is 10.1 Å². The van der Waals surface area contributed by atoms with Crippen LogP contribution < -0.4 is 5.32 Å². The van der Waals surface area contributed by atoms with Crippen molar-refractivity contribution >= 4 is 0 Å². The molecule has 0 aliphatic carbocycles. The Morgan fingerprint density at radius 3 is 2.22 bits per heavy atom. The van der Waals surface area contributed by atoms with Gasteiger partial charge in [-0.1, -0.05) is 53.4 Å². The smallest absolute Gasteiger partial charge is 0.0725 e. The number of unbranched alkanes of at least 4 members (excludes halogenated alkanes) is 3. The van der Waals surface area contributed by atoms with E-state index in [1.807, 2.05) is 0 Å². The van der Waals surface area contributed by atoms with E-state index in [-0.39, 0.29) is 0 Å². The van der Waals surface area contributed by atoms with Crippen molar-refractivity contribution in [1.29, 1.82) is 0 Å². The van der Waals surface area contributed by atoms with E-state index in [4.69, 9.17) is 4.74 Å². The van der Waals surface area contributed by atoms with Gasteiger partial charge in [0.05, 0.1) is 12.2 Å². The summed E-state index contributed by atoms with van der Waals surface area (Å²) in [6.45, 7) is 13.3. The highest BCUT2D eigenvalue weighted by atomic mass is 16.5. The molecule has 18 heavy (non-hydrogen) atoms. The largest absolute Gasteiger partial charge is 0.374 e. The van der Waals surface area contributed by atoms with E-state index in [9.17, 15) is 0 Å². The van der Waals surface area contributed by atoms with Crippen molar-refractivity contribution in [1.82, 2.24) is 5.32 Å². The lowest BCUT2D eigenvalue weighted by molar-refractivity contribution is -0.0298. The van der Waals surface area contributed by atoms with Gasteiger partial charge in [-0.15, -0.1) is 0 Å². The first-order valence-electron chi connectivity index (χ1n) is 7.97. The lowest BCUT2D eigenvalue weighted by Gasteiger charge is -2.26. The Hall–Kier alpha value is -0.0800. The van der Waals surface area contributed by atoms with Crippen LogP contribution in [0, 0.1) is 5.92 Å². The minimum atomic E-state index is 0.359. The first-order valence-corrected chi connectivity index (χ1v) is 7.97. The molecule has 2 nitrogen and oxygen atoms in total. The molecule has 2 heteroatoms. The summed E-state index contributed by atoms with van der Waals surface area (Å²) in [7, 11) is 0. The van der Waals surface area contributed by atoms with Gasteiger partial charge in [-0.3, -0.25) is 0 Å². The summed E-state index contributed by atoms with van der Waals surface area (Å²) in [5.41, 5.74) is 0. The number of ether oxygens (including phenoxy) is 1. The summed E-state index contributed by atoms with van der Waals surface area (Å²) >= 11 is 0. The minimum absolute atomic E-state index is 0.359. The highest BCUT2D eigenvalue weighted by Crippen LogP contribution is 2.13. The Bertz CT molecular complexity index is 170. The van der Waals surface area contributed by atoms with Crippen molar-refractivity contribution in [2.45, 2.75) is 85.4 Å². The van der Waals surface area contributed by atoms with Gasteiger partial charge in [0.25, 0.3) is 0 Å². The van der Waals surface area contributed by atoms with Crippen LogP contribution in [0.15, 0.2) is 0 Å². The molecule has 0 aromatic heterocycles. The van der Waals surface area contributed by atoms with Crippen LogP contribution in [0.1, 0.15) is 73.1 Å². The second-order valence-electron chi connectivity index (χ2n) is 5.78. The third-order valence-electron chi connectivity index (χ3n) is 3.39. The van der Waals surface area contributed by atoms with Crippen molar-refractivity contribution in [3.8, 4) is 0 Å². The standard InChI is InChI=1S/C16H35NO/c1-6-8-9-10-11-15(5)18-16(14(3)4)13-17-12-7-2/h14-17H,6-13H2,1-5H3. The van der Waals surface area contributed by atoms with Gasteiger partial charge in [0.1, 0.15) is 0 Å². The van der Waals surface area contributed by atoms with Gasteiger partial charge >= 0.3 is 0 Å². The molecule has 0 aliphatic rings. The summed E-state index contributed by atoms with van der Waals surface area (Å²) in [6.07, 6.45) is 8.49. The molecule has 0 rings (SSSR count). The number of nitrogens with one attached hydrogen (secondary N) is 1. The molecule has 0 saturated carbocycles. The number of hydrogen-bond donors (Lipinski definition) is 1. The Balaban J connectivity index is 3.77. The molecule has 0 amide bonds. The highest BCUT2D eigenvalue weighted by molar-refractivity contribution is 4.68. The van der Waals surface area contributed by atoms with E-state index < -0.39 is 0 Å².